The lowest BCUT2D eigenvalue weighted by molar-refractivity contribution is 0.234. The molecule has 2 rings (SSSR count). The quantitative estimate of drug-likeness (QED) is 0.771. The molecule has 1 aliphatic carbocycles. The van der Waals surface area contributed by atoms with E-state index in [9.17, 15) is 0 Å². The maximum atomic E-state index is 3.68. The van der Waals surface area contributed by atoms with Crippen LogP contribution in [0.2, 0.25) is 0 Å². The Morgan fingerprint density at radius 1 is 1.26 bits per heavy atom. The number of rotatable bonds is 5. The van der Waals surface area contributed by atoms with Crippen LogP contribution in [0.25, 0.3) is 0 Å². The number of benzene rings is 1. The summed E-state index contributed by atoms with van der Waals surface area (Å²) < 4.78 is 0. The summed E-state index contributed by atoms with van der Waals surface area (Å²) in [5.41, 5.74) is 3.34. The van der Waals surface area contributed by atoms with Crippen molar-refractivity contribution in [3.63, 3.8) is 0 Å². The number of hydrogen-bond acceptors (Lipinski definition) is 1. The molecule has 0 radical (unpaired) electrons. The highest BCUT2D eigenvalue weighted by atomic mass is 14.9. The van der Waals surface area contributed by atoms with Gasteiger partial charge < -0.3 is 5.32 Å². The Bertz CT molecular complexity index is 388. The first-order valence-electron chi connectivity index (χ1n) is 7.94. The molecule has 1 N–H and O–H groups in total. The van der Waals surface area contributed by atoms with Gasteiger partial charge in [-0.15, -0.1) is 0 Å². The molecule has 1 saturated carbocycles. The third-order valence-corrected chi connectivity index (χ3v) is 4.75. The second-order valence-corrected chi connectivity index (χ2v) is 6.51. The third kappa shape index (κ3) is 3.60. The van der Waals surface area contributed by atoms with Crippen molar-refractivity contribution in [3.8, 4) is 0 Å². The second-order valence-electron chi connectivity index (χ2n) is 6.51. The molecule has 1 fully saturated rings. The van der Waals surface area contributed by atoms with Gasteiger partial charge >= 0.3 is 0 Å². The molecule has 0 saturated heterocycles. The highest BCUT2D eigenvalue weighted by Gasteiger charge is 2.35. The fourth-order valence-electron chi connectivity index (χ4n) is 3.36. The Kier molecular flexibility index (Phi) is 5.04. The van der Waals surface area contributed by atoms with Crippen LogP contribution in [0.5, 0.6) is 0 Å². The minimum absolute atomic E-state index is 0.383. The van der Waals surface area contributed by atoms with E-state index in [4.69, 9.17) is 0 Å². The molecule has 1 aromatic carbocycles. The summed E-state index contributed by atoms with van der Waals surface area (Å²) in [6.45, 7) is 9.15. The van der Waals surface area contributed by atoms with Crippen molar-refractivity contribution < 1.29 is 0 Å². The van der Waals surface area contributed by atoms with Gasteiger partial charge in [-0.2, -0.15) is 0 Å². The highest BCUT2D eigenvalue weighted by molar-refractivity contribution is 5.30. The lowest BCUT2D eigenvalue weighted by Gasteiger charge is -2.40. The third-order valence-electron chi connectivity index (χ3n) is 4.75. The van der Waals surface area contributed by atoms with Crippen molar-refractivity contribution in [1.82, 2.24) is 5.32 Å². The van der Waals surface area contributed by atoms with Gasteiger partial charge in [-0.05, 0) is 57.1 Å². The van der Waals surface area contributed by atoms with Crippen LogP contribution in [0, 0.1) is 12.8 Å². The monoisotopic (exact) mass is 259 g/mol. The minimum Gasteiger partial charge on any atom is -0.316 e. The predicted molar refractivity (Wildman–Crippen MR) is 83.6 cm³/mol. The van der Waals surface area contributed by atoms with Crippen LogP contribution in [-0.4, -0.2) is 13.1 Å². The zero-order valence-corrected chi connectivity index (χ0v) is 12.8. The lowest BCUT2D eigenvalue weighted by atomic mass is 9.66. The van der Waals surface area contributed by atoms with Gasteiger partial charge in [-0.25, -0.2) is 0 Å². The van der Waals surface area contributed by atoms with Crippen LogP contribution in [0.15, 0.2) is 24.3 Å². The van der Waals surface area contributed by atoms with Crippen molar-refractivity contribution in [1.29, 1.82) is 0 Å². The highest BCUT2D eigenvalue weighted by Crippen LogP contribution is 2.41. The first-order chi connectivity index (χ1) is 9.16. The molecule has 0 amide bonds. The molecular formula is C18H29N. The smallest absolute Gasteiger partial charge is 0.00780 e. The van der Waals surface area contributed by atoms with Gasteiger partial charge in [0.15, 0.2) is 0 Å². The molecule has 0 spiro atoms. The number of hydrogen-bond donors (Lipinski definition) is 1. The van der Waals surface area contributed by atoms with Crippen molar-refractivity contribution in [2.75, 3.05) is 13.1 Å². The van der Waals surface area contributed by atoms with Crippen molar-refractivity contribution >= 4 is 0 Å². The molecule has 0 aromatic heterocycles. The first kappa shape index (κ1) is 14.6. The normalized spacial score (nSPS) is 27.4. The Balaban J connectivity index is 2.18. The van der Waals surface area contributed by atoms with E-state index in [1.54, 1.807) is 5.56 Å². The average molecular weight is 259 g/mol. The molecule has 0 aliphatic heterocycles. The van der Waals surface area contributed by atoms with Crippen LogP contribution in [-0.2, 0) is 5.41 Å². The van der Waals surface area contributed by atoms with Gasteiger partial charge in [-0.3, -0.25) is 0 Å². The van der Waals surface area contributed by atoms with Gasteiger partial charge in [0.1, 0.15) is 0 Å². The van der Waals surface area contributed by atoms with Gasteiger partial charge in [0.25, 0.3) is 0 Å². The molecule has 106 valence electrons. The predicted octanol–water partition coefficient (Wildman–Crippen LogP) is 4.44. The molecule has 0 bridgehead atoms. The molecule has 0 unspecified atom stereocenters. The summed E-state index contributed by atoms with van der Waals surface area (Å²) in [5.74, 6) is 0.907. The molecule has 1 aliphatic rings. The molecular weight excluding hydrogens is 230 g/mol. The van der Waals surface area contributed by atoms with E-state index in [0.717, 1.165) is 19.0 Å². The van der Waals surface area contributed by atoms with Gasteiger partial charge in [0.2, 0.25) is 0 Å². The van der Waals surface area contributed by atoms with Crippen LogP contribution < -0.4 is 5.32 Å². The Labute approximate surface area is 118 Å². The van der Waals surface area contributed by atoms with Gasteiger partial charge in [0, 0.05) is 12.0 Å². The minimum atomic E-state index is 0.383. The summed E-state index contributed by atoms with van der Waals surface area (Å²) >= 11 is 0. The summed E-state index contributed by atoms with van der Waals surface area (Å²) in [7, 11) is 0. The first-order valence-corrected chi connectivity index (χ1v) is 7.94. The second kappa shape index (κ2) is 6.56. The van der Waals surface area contributed by atoms with E-state index in [0.29, 0.717) is 5.41 Å². The summed E-state index contributed by atoms with van der Waals surface area (Å²) in [6.07, 6.45) is 6.66. The van der Waals surface area contributed by atoms with E-state index in [1.807, 2.05) is 0 Å². The summed E-state index contributed by atoms with van der Waals surface area (Å²) in [6, 6.07) is 9.19. The number of nitrogens with one attached hydrogen (secondary N) is 1. The van der Waals surface area contributed by atoms with Gasteiger partial charge in [0.05, 0.1) is 0 Å². The average Bonchev–Trinajstić information content (AvgIpc) is 2.42. The van der Waals surface area contributed by atoms with E-state index < -0.39 is 0 Å². The fourth-order valence-corrected chi connectivity index (χ4v) is 3.36. The molecule has 1 aromatic rings. The standard InChI is InChI=1S/C18H29N/c1-4-12-19-14-18(10-8-15(2)9-11-18)17-7-5-6-16(3)13-17/h5-7,13,15,19H,4,8-12,14H2,1-3H3. The summed E-state index contributed by atoms with van der Waals surface area (Å²) in [5, 5.41) is 3.68. The van der Waals surface area contributed by atoms with Crippen LogP contribution in [0.4, 0.5) is 0 Å². The molecule has 19 heavy (non-hydrogen) atoms. The maximum absolute atomic E-state index is 3.68. The van der Waals surface area contributed by atoms with E-state index in [-0.39, 0.29) is 0 Å². The largest absolute Gasteiger partial charge is 0.316 e. The topological polar surface area (TPSA) is 12.0 Å². The molecule has 1 heteroatoms. The Morgan fingerprint density at radius 2 is 2.00 bits per heavy atom. The fraction of sp³-hybridized carbons (Fsp3) is 0.667. The Morgan fingerprint density at radius 3 is 2.63 bits per heavy atom. The van der Waals surface area contributed by atoms with Crippen molar-refractivity contribution in [3.05, 3.63) is 35.4 Å². The zero-order chi connectivity index (χ0) is 13.7. The molecule has 0 atom stereocenters. The van der Waals surface area contributed by atoms with E-state index in [1.165, 1.54) is 37.7 Å². The van der Waals surface area contributed by atoms with Crippen LogP contribution in [0.1, 0.15) is 57.1 Å². The lowest BCUT2D eigenvalue weighted by Crippen LogP contribution is -2.41. The van der Waals surface area contributed by atoms with Gasteiger partial charge in [-0.1, -0.05) is 43.7 Å². The SMILES string of the molecule is CCCNCC1(c2cccc(C)c2)CCC(C)CC1. The number of aryl methyl sites for hydroxylation is 1. The summed E-state index contributed by atoms with van der Waals surface area (Å²) in [4.78, 5) is 0. The van der Waals surface area contributed by atoms with E-state index in [2.05, 4.69) is 50.4 Å². The zero-order valence-electron chi connectivity index (χ0n) is 12.8. The maximum Gasteiger partial charge on any atom is 0.00780 e. The van der Waals surface area contributed by atoms with E-state index >= 15 is 0 Å². The molecule has 1 nitrogen and oxygen atoms in total. The van der Waals surface area contributed by atoms with Crippen LogP contribution in [0.3, 0.4) is 0 Å². The Hall–Kier alpha value is -0.820. The van der Waals surface area contributed by atoms with Crippen LogP contribution >= 0.6 is 0 Å². The molecule has 0 heterocycles. The van der Waals surface area contributed by atoms with Crippen molar-refractivity contribution in [2.45, 2.75) is 58.3 Å². The van der Waals surface area contributed by atoms with Crippen molar-refractivity contribution in [2.24, 2.45) is 5.92 Å².